The van der Waals surface area contributed by atoms with E-state index < -0.39 is 33.6 Å². The zero-order chi connectivity index (χ0) is 55.5. The Kier molecular flexibility index (Phi) is 19.5. The van der Waals surface area contributed by atoms with Gasteiger partial charge >= 0.3 is 17.2 Å². The van der Waals surface area contributed by atoms with Crippen molar-refractivity contribution in [2.45, 2.75) is 146 Å². The molecule has 6 aromatic rings. The van der Waals surface area contributed by atoms with E-state index in [0.717, 1.165) is 38.9 Å². The molecular weight excluding hydrogens is 1060 g/mol. The summed E-state index contributed by atoms with van der Waals surface area (Å²) >= 11 is 26.5. The zero-order valence-corrected chi connectivity index (χ0v) is 51.8. The number of rotatable bonds is 22. The average Bonchev–Trinajstić information content (AvgIpc) is 3.30. The van der Waals surface area contributed by atoms with Gasteiger partial charge in [0.25, 0.3) is 0 Å². The Morgan fingerprint density at radius 2 is 0.680 bits per heavy atom. The fourth-order valence-electron chi connectivity index (χ4n) is 8.05. The van der Waals surface area contributed by atoms with Gasteiger partial charge in [0.1, 0.15) is 45.8 Å². The Labute approximate surface area is 471 Å². The molecule has 7 nitrogen and oxygen atoms in total. The summed E-state index contributed by atoms with van der Waals surface area (Å²) in [5.41, 5.74) is 4.30. The lowest BCUT2D eigenvalue weighted by molar-refractivity contribution is 0.0590. The monoisotopic (exact) mass is 1130 g/mol. The van der Waals surface area contributed by atoms with E-state index in [4.69, 9.17) is 78.3 Å². The molecule has 6 aromatic carbocycles. The lowest BCUT2D eigenvalue weighted by atomic mass is 9.67. The fraction of sp³-hybridized carbons (Fsp3) is 0.419. The molecule has 75 heavy (non-hydrogen) atoms. The first-order valence-corrected chi connectivity index (χ1v) is 29.4. The molecule has 0 saturated heterocycles. The van der Waals surface area contributed by atoms with Crippen LogP contribution in [0.3, 0.4) is 0 Å². The summed E-state index contributed by atoms with van der Waals surface area (Å²) in [6.07, 6.45) is 0. The minimum absolute atomic E-state index is 0.0961. The van der Waals surface area contributed by atoms with Crippen molar-refractivity contribution in [3.05, 3.63) is 157 Å². The number of ether oxygens (including phenoxy) is 1. The van der Waals surface area contributed by atoms with Crippen LogP contribution in [-0.4, -0.2) is 5.60 Å². The molecule has 0 aliphatic rings. The maximum atomic E-state index is 7.60. The van der Waals surface area contributed by atoms with Gasteiger partial charge in [-0.3, -0.25) is 0 Å². The second kappa shape index (κ2) is 24.3. The number of hydrogen-bond donors (Lipinski definition) is 0. The molecule has 0 aromatic heterocycles. The summed E-state index contributed by atoms with van der Waals surface area (Å²) in [6.45, 7) is 40.0. The molecule has 0 aliphatic carbocycles. The molecular formula is C62H76Cl4O7P2. The minimum atomic E-state index is -2.32. The number of halogens is 4. The molecule has 0 aliphatic heterocycles. The van der Waals surface area contributed by atoms with Crippen LogP contribution in [0, 0.1) is 37.5 Å². The minimum Gasteiger partial charge on any atom is -0.487 e. The first kappa shape index (κ1) is 60.2. The number of benzene rings is 6. The lowest BCUT2D eigenvalue weighted by Crippen LogP contribution is -2.35. The molecule has 0 heterocycles. The maximum absolute atomic E-state index is 7.60. The van der Waals surface area contributed by atoms with Crippen molar-refractivity contribution in [1.29, 1.82) is 0 Å². The fourth-order valence-corrected chi connectivity index (χ4v) is 10.8. The SMILES string of the molecule is Cc1c(OC(C)(C)C(C)C)cc(C(C)(C)C(C)C)c(OP(Oc2cccc(Cl)c2)Oc2cccc(Cl)c2)c1-c1c(C)c(C(C)(C)C(C)C)cc(C(C)(C)C(C)C)c1OP(Oc1cccc(Cl)c1)Oc1cccc(Cl)c1. The normalized spacial score (nSPS) is 12.6. The van der Waals surface area contributed by atoms with E-state index in [-0.39, 0.29) is 29.1 Å². The van der Waals surface area contributed by atoms with Gasteiger partial charge in [-0.05, 0) is 158 Å². The van der Waals surface area contributed by atoms with Crippen LogP contribution in [0.2, 0.25) is 20.1 Å². The Morgan fingerprint density at radius 3 is 0.987 bits per heavy atom. The molecule has 0 atom stereocenters. The topological polar surface area (TPSA) is 64.6 Å². The van der Waals surface area contributed by atoms with Crippen LogP contribution in [-0.2, 0) is 16.2 Å². The molecule has 404 valence electrons. The van der Waals surface area contributed by atoms with Gasteiger partial charge in [-0.15, -0.1) is 0 Å². The first-order chi connectivity index (χ1) is 34.9. The van der Waals surface area contributed by atoms with Crippen molar-refractivity contribution < 1.29 is 31.9 Å². The summed E-state index contributed by atoms with van der Waals surface area (Å²) in [6, 6.07) is 33.3. The highest BCUT2D eigenvalue weighted by Gasteiger charge is 2.42. The van der Waals surface area contributed by atoms with Crippen LogP contribution in [0.15, 0.2) is 109 Å². The van der Waals surface area contributed by atoms with Crippen LogP contribution < -0.4 is 31.9 Å². The third-order valence-corrected chi connectivity index (χ3v) is 18.7. The van der Waals surface area contributed by atoms with E-state index in [0.29, 0.717) is 60.3 Å². The average molecular weight is 1140 g/mol. The van der Waals surface area contributed by atoms with Gasteiger partial charge in [0.2, 0.25) is 0 Å². The summed E-state index contributed by atoms with van der Waals surface area (Å²) in [5, 5.41) is 1.99. The van der Waals surface area contributed by atoms with Crippen molar-refractivity contribution in [2.75, 3.05) is 0 Å². The van der Waals surface area contributed by atoms with Crippen LogP contribution in [0.25, 0.3) is 11.1 Å². The molecule has 0 spiro atoms. The van der Waals surface area contributed by atoms with E-state index in [1.165, 1.54) is 0 Å². The molecule has 0 N–H and O–H groups in total. The Balaban J connectivity index is 1.86. The predicted octanol–water partition coefficient (Wildman–Crippen LogP) is 21.7. The third kappa shape index (κ3) is 14.2. The largest absolute Gasteiger partial charge is 0.530 e. The van der Waals surface area contributed by atoms with Crippen LogP contribution >= 0.6 is 63.6 Å². The summed E-state index contributed by atoms with van der Waals surface area (Å²) < 4.78 is 49.8. The first-order valence-electron chi connectivity index (χ1n) is 25.7. The second-order valence-electron chi connectivity index (χ2n) is 22.9. The Bertz CT molecular complexity index is 2850. The van der Waals surface area contributed by atoms with Gasteiger partial charge in [-0.2, -0.15) is 0 Å². The van der Waals surface area contributed by atoms with Crippen molar-refractivity contribution in [3.63, 3.8) is 0 Å². The van der Waals surface area contributed by atoms with Gasteiger partial charge in [0.15, 0.2) is 0 Å². The van der Waals surface area contributed by atoms with Crippen LogP contribution in [0.1, 0.15) is 139 Å². The van der Waals surface area contributed by atoms with Crippen LogP contribution in [0.4, 0.5) is 0 Å². The van der Waals surface area contributed by atoms with Gasteiger partial charge in [-0.1, -0.05) is 174 Å². The molecule has 6 rings (SSSR count). The quantitative estimate of drug-likeness (QED) is 0.0628. The van der Waals surface area contributed by atoms with E-state index in [9.17, 15) is 0 Å². The van der Waals surface area contributed by atoms with Gasteiger partial charge in [0, 0.05) is 47.9 Å². The number of hydrogen-bond acceptors (Lipinski definition) is 7. The standard InChI is InChI=1S/C62H76Cl4O7P2/c1-37(2)59(11,12)51-35-52(60(13,14)38(3)4)57(72-74(68-47-27-19-23-43(63)31-47)69-48-28-20-24-44(64)32-48)55(41(51)9)56-42(10)54(67-62(17,18)40(7)8)36-53(61(15,16)39(5)6)58(56)73-75(70-49-29-21-25-45(65)33-49)71-50-30-22-26-46(66)34-50/h19-40H,1-18H3. The zero-order valence-electron chi connectivity index (χ0n) is 47.0. The van der Waals surface area contributed by atoms with Gasteiger partial charge in [-0.25, -0.2) is 0 Å². The molecule has 0 amide bonds. The molecule has 13 heteroatoms. The van der Waals surface area contributed by atoms with Crippen molar-refractivity contribution in [2.24, 2.45) is 23.7 Å². The summed E-state index contributed by atoms with van der Waals surface area (Å²) in [4.78, 5) is 0. The second-order valence-corrected chi connectivity index (χ2v) is 26.6. The van der Waals surface area contributed by atoms with E-state index in [1.807, 2.05) is 48.5 Å². The summed E-state index contributed by atoms with van der Waals surface area (Å²) in [5.74, 6) is 4.23. The van der Waals surface area contributed by atoms with Crippen molar-refractivity contribution in [1.82, 2.24) is 0 Å². The third-order valence-electron chi connectivity index (χ3n) is 15.7. The van der Waals surface area contributed by atoms with Gasteiger partial charge < -0.3 is 31.9 Å². The highest BCUT2D eigenvalue weighted by molar-refractivity contribution is 7.43. The van der Waals surface area contributed by atoms with E-state index >= 15 is 0 Å². The lowest BCUT2D eigenvalue weighted by Gasteiger charge is -2.40. The van der Waals surface area contributed by atoms with E-state index in [1.54, 1.807) is 48.5 Å². The molecule has 0 fully saturated rings. The summed E-state index contributed by atoms with van der Waals surface area (Å²) in [7, 11) is -4.64. The highest BCUT2D eigenvalue weighted by Crippen LogP contribution is 2.60. The van der Waals surface area contributed by atoms with E-state index in [2.05, 4.69) is 137 Å². The Hall–Kier alpha value is -4.06. The van der Waals surface area contributed by atoms with Gasteiger partial charge in [0.05, 0.1) is 0 Å². The molecule has 0 saturated carbocycles. The predicted molar refractivity (Wildman–Crippen MR) is 318 cm³/mol. The molecule has 0 bridgehead atoms. The van der Waals surface area contributed by atoms with Crippen LogP contribution in [0.5, 0.6) is 40.2 Å². The maximum Gasteiger partial charge on any atom is 0.530 e. The van der Waals surface area contributed by atoms with Crippen molar-refractivity contribution >= 4 is 63.6 Å². The van der Waals surface area contributed by atoms with Crippen molar-refractivity contribution in [3.8, 4) is 51.4 Å². The highest BCUT2D eigenvalue weighted by atomic mass is 35.5. The Morgan fingerprint density at radius 1 is 0.373 bits per heavy atom. The molecule has 0 radical (unpaired) electrons. The molecule has 0 unspecified atom stereocenters. The smallest absolute Gasteiger partial charge is 0.487 e.